The number of pyridine rings is 1. The molecule has 0 saturated carbocycles. The van der Waals surface area contributed by atoms with E-state index < -0.39 is 17.6 Å². The molecule has 17 heavy (non-hydrogen) atoms. The van der Waals surface area contributed by atoms with Crippen LogP contribution in [0.3, 0.4) is 0 Å². The monoisotopic (exact) mass is 246 g/mol. The summed E-state index contributed by atoms with van der Waals surface area (Å²) in [6.07, 6.45) is -0.207. The Balaban J connectivity index is 2.30. The molecule has 0 amide bonds. The van der Waals surface area contributed by atoms with Crippen LogP contribution in [0.1, 0.15) is 13.8 Å². The van der Waals surface area contributed by atoms with Crippen LogP contribution >= 0.6 is 0 Å². The van der Waals surface area contributed by atoms with Gasteiger partial charge in [-0.25, -0.2) is 8.78 Å². The van der Waals surface area contributed by atoms with E-state index in [4.69, 9.17) is 4.74 Å². The molecule has 2 atom stereocenters. The van der Waals surface area contributed by atoms with Crippen LogP contribution in [0.5, 0.6) is 0 Å². The van der Waals surface area contributed by atoms with E-state index in [2.05, 4.69) is 4.98 Å². The fraction of sp³-hybridized carbons (Fsp3) is 0.545. The van der Waals surface area contributed by atoms with E-state index in [1.807, 2.05) is 13.8 Å². The highest BCUT2D eigenvalue weighted by Crippen LogP contribution is 2.22. The quantitative estimate of drug-likeness (QED) is 0.710. The number of halogens is 3. The fourth-order valence-electron chi connectivity index (χ4n) is 2.01. The molecule has 2 unspecified atom stereocenters. The third-order valence-electron chi connectivity index (χ3n) is 2.59. The zero-order valence-corrected chi connectivity index (χ0v) is 9.58. The Labute approximate surface area is 97.2 Å². The Hall–Kier alpha value is -1.30. The SMILES string of the molecule is CC1CN(c2nc(F)c(F)cc2F)CC(C)O1. The lowest BCUT2D eigenvalue weighted by molar-refractivity contribution is -0.00571. The van der Waals surface area contributed by atoms with E-state index in [1.165, 1.54) is 0 Å². The van der Waals surface area contributed by atoms with Gasteiger partial charge in [0.05, 0.1) is 12.2 Å². The standard InChI is InChI=1S/C11H13F3N2O/c1-6-4-16(5-7(2)17-6)11-9(13)3-8(12)10(14)15-11/h3,6-7H,4-5H2,1-2H3. The molecule has 6 heteroatoms. The summed E-state index contributed by atoms with van der Waals surface area (Å²) in [6, 6.07) is 0.516. The van der Waals surface area contributed by atoms with E-state index in [0.717, 1.165) is 0 Å². The van der Waals surface area contributed by atoms with Gasteiger partial charge in [-0.2, -0.15) is 9.37 Å². The van der Waals surface area contributed by atoms with Gasteiger partial charge in [0.15, 0.2) is 17.5 Å². The van der Waals surface area contributed by atoms with Gasteiger partial charge in [0.25, 0.3) is 5.95 Å². The molecule has 1 aliphatic heterocycles. The molecule has 0 aliphatic carbocycles. The topological polar surface area (TPSA) is 25.4 Å². The van der Waals surface area contributed by atoms with Crippen LogP contribution in [0.25, 0.3) is 0 Å². The first-order valence-corrected chi connectivity index (χ1v) is 5.39. The van der Waals surface area contributed by atoms with Crippen molar-refractivity contribution in [2.75, 3.05) is 18.0 Å². The van der Waals surface area contributed by atoms with Crippen LogP contribution in [0.4, 0.5) is 19.0 Å². The molecule has 1 aliphatic rings. The van der Waals surface area contributed by atoms with E-state index >= 15 is 0 Å². The van der Waals surface area contributed by atoms with Crippen molar-refractivity contribution in [3.63, 3.8) is 0 Å². The molecule has 1 saturated heterocycles. The first-order chi connectivity index (χ1) is 7.97. The molecule has 94 valence electrons. The predicted molar refractivity (Wildman–Crippen MR) is 56.3 cm³/mol. The van der Waals surface area contributed by atoms with Crippen LogP contribution in [0.15, 0.2) is 6.07 Å². The van der Waals surface area contributed by atoms with E-state index in [1.54, 1.807) is 4.90 Å². The smallest absolute Gasteiger partial charge is 0.251 e. The molecular weight excluding hydrogens is 233 g/mol. The Kier molecular flexibility index (Phi) is 3.24. The summed E-state index contributed by atoms with van der Waals surface area (Å²) >= 11 is 0. The van der Waals surface area contributed by atoms with Crippen molar-refractivity contribution in [2.45, 2.75) is 26.1 Å². The fourth-order valence-corrected chi connectivity index (χ4v) is 2.01. The molecule has 1 fully saturated rings. The maximum atomic E-state index is 13.5. The number of nitrogens with zero attached hydrogens (tertiary/aromatic N) is 2. The number of aromatic nitrogens is 1. The molecule has 1 aromatic rings. The Morgan fingerprint density at radius 1 is 1.18 bits per heavy atom. The van der Waals surface area contributed by atoms with Crippen LogP contribution < -0.4 is 4.90 Å². The molecule has 1 aromatic heterocycles. The number of hydrogen-bond donors (Lipinski definition) is 0. The molecule has 2 rings (SSSR count). The second-order valence-corrected chi connectivity index (χ2v) is 4.23. The molecule has 0 N–H and O–H groups in total. The van der Waals surface area contributed by atoms with Crippen molar-refractivity contribution in [2.24, 2.45) is 0 Å². The van der Waals surface area contributed by atoms with Gasteiger partial charge in [-0.1, -0.05) is 0 Å². The first-order valence-electron chi connectivity index (χ1n) is 5.39. The van der Waals surface area contributed by atoms with Crippen molar-refractivity contribution in [3.8, 4) is 0 Å². The van der Waals surface area contributed by atoms with Gasteiger partial charge < -0.3 is 9.64 Å². The van der Waals surface area contributed by atoms with E-state index in [0.29, 0.717) is 19.2 Å². The maximum Gasteiger partial charge on any atom is 0.251 e. The third kappa shape index (κ3) is 2.52. The van der Waals surface area contributed by atoms with Gasteiger partial charge in [-0.3, -0.25) is 0 Å². The van der Waals surface area contributed by atoms with E-state index in [9.17, 15) is 13.2 Å². The highest BCUT2D eigenvalue weighted by molar-refractivity contribution is 5.41. The van der Waals surface area contributed by atoms with Crippen molar-refractivity contribution in [1.82, 2.24) is 4.98 Å². The van der Waals surface area contributed by atoms with E-state index in [-0.39, 0.29) is 18.0 Å². The Morgan fingerprint density at radius 3 is 2.35 bits per heavy atom. The molecule has 0 spiro atoms. The molecular formula is C11H13F3N2O. The number of rotatable bonds is 1. The molecule has 0 bridgehead atoms. The zero-order valence-electron chi connectivity index (χ0n) is 9.58. The lowest BCUT2D eigenvalue weighted by Crippen LogP contribution is -2.46. The summed E-state index contributed by atoms with van der Waals surface area (Å²) in [7, 11) is 0. The summed E-state index contributed by atoms with van der Waals surface area (Å²) in [5.41, 5.74) is 0. The molecule has 3 nitrogen and oxygen atoms in total. The van der Waals surface area contributed by atoms with Crippen LogP contribution in [0.2, 0.25) is 0 Å². The van der Waals surface area contributed by atoms with Crippen molar-refractivity contribution >= 4 is 5.82 Å². The number of hydrogen-bond acceptors (Lipinski definition) is 3. The Bertz CT molecular complexity index is 417. The summed E-state index contributed by atoms with van der Waals surface area (Å²) < 4.78 is 44.7. The van der Waals surface area contributed by atoms with Gasteiger partial charge in [0, 0.05) is 19.2 Å². The number of ether oxygens (including phenoxy) is 1. The van der Waals surface area contributed by atoms with Gasteiger partial charge in [0.2, 0.25) is 0 Å². The highest BCUT2D eigenvalue weighted by atomic mass is 19.2. The summed E-state index contributed by atoms with van der Waals surface area (Å²) in [4.78, 5) is 4.88. The summed E-state index contributed by atoms with van der Waals surface area (Å²) in [5.74, 6) is -3.58. The molecule has 0 aromatic carbocycles. The average molecular weight is 246 g/mol. The van der Waals surface area contributed by atoms with Gasteiger partial charge in [-0.15, -0.1) is 0 Å². The number of anilines is 1. The van der Waals surface area contributed by atoms with Gasteiger partial charge >= 0.3 is 0 Å². The van der Waals surface area contributed by atoms with Crippen molar-refractivity contribution < 1.29 is 17.9 Å². The van der Waals surface area contributed by atoms with Crippen molar-refractivity contribution in [1.29, 1.82) is 0 Å². The normalized spacial score (nSPS) is 25.1. The largest absolute Gasteiger partial charge is 0.372 e. The average Bonchev–Trinajstić information content (AvgIpc) is 2.22. The zero-order chi connectivity index (χ0) is 12.6. The maximum absolute atomic E-state index is 13.5. The third-order valence-corrected chi connectivity index (χ3v) is 2.59. The van der Waals surface area contributed by atoms with Crippen LogP contribution in [0, 0.1) is 17.6 Å². The highest BCUT2D eigenvalue weighted by Gasteiger charge is 2.26. The minimum Gasteiger partial charge on any atom is -0.372 e. The molecule has 2 heterocycles. The van der Waals surface area contributed by atoms with Gasteiger partial charge in [0.1, 0.15) is 0 Å². The minimum atomic E-state index is -1.28. The lowest BCUT2D eigenvalue weighted by atomic mass is 10.2. The number of morpholine rings is 1. The first kappa shape index (κ1) is 12.2. The predicted octanol–water partition coefficient (Wildman–Crippen LogP) is 2.11. The molecule has 0 radical (unpaired) electrons. The summed E-state index contributed by atoms with van der Waals surface area (Å²) in [5, 5.41) is 0. The second-order valence-electron chi connectivity index (χ2n) is 4.23. The summed E-state index contributed by atoms with van der Waals surface area (Å²) in [6.45, 7) is 4.47. The van der Waals surface area contributed by atoms with Crippen LogP contribution in [-0.4, -0.2) is 30.3 Å². The lowest BCUT2D eigenvalue weighted by Gasteiger charge is -2.36. The van der Waals surface area contributed by atoms with Crippen molar-refractivity contribution in [3.05, 3.63) is 23.6 Å². The minimum absolute atomic E-state index is 0.104. The second kappa shape index (κ2) is 4.52. The van der Waals surface area contributed by atoms with Crippen LogP contribution in [-0.2, 0) is 4.74 Å². The Morgan fingerprint density at radius 2 is 1.76 bits per heavy atom. The van der Waals surface area contributed by atoms with Gasteiger partial charge in [-0.05, 0) is 13.8 Å².